The summed E-state index contributed by atoms with van der Waals surface area (Å²) in [6, 6.07) is 19.9. The van der Waals surface area contributed by atoms with Crippen LogP contribution in [0, 0.1) is 11.3 Å². The van der Waals surface area contributed by atoms with Gasteiger partial charge in [-0.1, -0.05) is 44.2 Å². The van der Waals surface area contributed by atoms with Crippen LogP contribution in [0.15, 0.2) is 66.7 Å². The molecule has 0 saturated carbocycles. The fraction of sp³-hybridized carbons (Fsp3) is 0.355. The van der Waals surface area contributed by atoms with Gasteiger partial charge in [0.15, 0.2) is 6.04 Å². The molecular weight excluding hydrogens is 530 g/mol. The Labute approximate surface area is 243 Å². The normalized spacial score (nSPS) is 11.3. The number of nitrogens with two attached hydrogens (primary N) is 1. The molecule has 0 aliphatic heterocycles. The fourth-order valence-corrected chi connectivity index (χ4v) is 4.13. The van der Waals surface area contributed by atoms with Gasteiger partial charge in [0.1, 0.15) is 23.9 Å². The second-order valence-corrected chi connectivity index (χ2v) is 9.51. The molecule has 0 fully saturated rings. The molecule has 40 heavy (non-hydrogen) atoms. The number of carbonyl (C=O) groups is 1. The van der Waals surface area contributed by atoms with Crippen molar-refractivity contribution in [1.82, 2.24) is 0 Å². The van der Waals surface area contributed by atoms with Crippen LogP contribution in [-0.4, -0.2) is 38.7 Å². The number of methoxy groups -OCH3 is 1. The topological polar surface area (TPSA) is 116 Å². The third-order valence-electron chi connectivity index (χ3n) is 5.97. The number of benzene rings is 3. The first-order chi connectivity index (χ1) is 18.8. The van der Waals surface area contributed by atoms with E-state index in [-0.39, 0.29) is 18.2 Å². The van der Waals surface area contributed by atoms with Gasteiger partial charge in [0, 0.05) is 16.8 Å². The Hall–Kier alpha value is -3.75. The van der Waals surface area contributed by atoms with Crippen LogP contribution in [0.5, 0.6) is 11.5 Å². The Morgan fingerprint density at radius 3 is 2.27 bits per heavy atom. The first-order valence-electron chi connectivity index (χ1n) is 13.1. The van der Waals surface area contributed by atoms with Gasteiger partial charge in [-0.25, -0.2) is 4.79 Å². The van der Waals surface area contributed by atoms with Crippen LogP contribution >= 0.6 is 12.4 Å². The van der Waals surface area contributed by atoms with Gasteiger partial charge in [0.25, 0.3) is 0 Å². The molecule has 3 aromatic carbocycles. The number of rotatable bonds is 15. The smallest absolute Gasteiger partial charge is 0.333 e. The molecule has 0 bridgehead atoms. The van der Waals surface area contributed by atoms with Crippen LogP contribution in [0.3, 0.4) is 0 Å². The molecule has 1 unspecified atom stereocenters. The highest BCUT2D eigenvalue weighted by Crippen LogP contribution is 2.36. The predicted octanol–water partition coefficient (Wildman–Crippen LogP) is 5.91. The van der Waals surface area contributed by atoms with Gasteiger partial charge in [0.2, 0.25) is 0 Å². The molecule has 216 valence electrons. The first-order valence-corrected chi connectivity index (χ1v) is 13.1. The Kier molecular flexibility index (Phi) is 13.3. The highest BCUT2D eigenvalue weighted by atomic mass is 35.5. The van der Waals surface area contributed by atoms with E-state index in [4.69, 9.17) is 30.1 Å². The van der Waals surface area contributed by atoms with E-state index >= 15 is 0 Å². The van der Waals surface area contributed by atoms with Crippen molar-refractivity contribution in [2.75, 3.05) is 32.2 Å². The van der Waals surface area contributed by atoms with Gasteiger partial charge in [0.05, 0.1) is 26.9 Å². The first kappa shape index (κ1) is 32.5. The van der Waals surface area contributed by atoms with Crippen molar-refractivity contribution < 1.29 is 23.7 Å². The number of hydrogen-bond donors (Lipinski definition) is 3. The highest BCUT2D eigenvalue weighted by Gasteiger charge is 2.27. The largest absolute Gasteiger partial charge is 0.494 e. The van der Waals surface area contributed by atoms with Crippen LogP contribution in [0.1, 0.15) is 49.1 Å². The lowest BCUT2D eigenvalue weighted by atomic mass is 9.96. The van der Waals surface area contributed by atoms with Crippen molar-refractivity contribution in [3.05, 3.63) is 89.0 Å². The van der Waals surface area contributed by atoms with Gasteiger partial charge in [-0.3, -0.25) is 5.41 Å². The van der Waals surface area contributed by atoms with Crippen LogP contribution < -0.4 is 20.5 Å². The van der Waals surface area contributed by atoms with Crippen molar-refractivity contribution in [3.8, 4) is 11.5 Å². The molecule has 4 N–H and O–H groups in total. The van der Waals surface area contributed by atoms with Crippen molar-refractivity contribution in [3.63, 3.8) is 0 Å². The van der Waals surface area contributed by atoms with Crippen LogP contribution in [-0.2, 0) is 27.3 Å². The zero-order valence-electron chi connectivity index (χ0n) is 23.6. The lowest BCUT2D eigenvalue weighted by Crippen LogP contribution is -2.24. The zero-order valence-corrected chi connectivity index (χ0v) is 24.4. The minimum atomic E-state index is -0.870. The lowest BCUT2D eigenvalue weighted by Gasteiger charge is -2.24. The summed E-state index contributed by atoms with van der Waals surface area (Å²) in [5.41, 5.74) is 9.53. The number of hydrogen-bond acceptors (Lipinski definition) is 7. The second kappa shape index (κ2) is 16.4. The van der Waals surface area contributed by atoms with Crippen LogP contribution in [0.4, 0.5) is 5.69 Å². The molecule has 0 saturated heterocycles. The van der Waals surface area contributed by atoms with Crippen molar-refractivity contribution in [2.24, 2.45) is 11.7 Å². The third kappa shape index (κ3) is 9.47. The Morgan fingerprint density at radius 2 is 1.68 bits per heavy atom. The number of nitrogen functional groups attached to an aromatic ring is 1. The zero-order chi connectivity index (χ0) is 28.2. The maximum Gasteiger partial charge on any atom is 0.333 e. The van der Waals surface area contributed by atoms with E-state index in [2.05, 4.69) is 19.2 Å². The van der Waals surface area contributed by atoms with Gasteiger partial charge >= 0.3 is 5.97 Å². The third-order valence-corrected chi connectivity index (χ3v) is 5.97. The molecule has 0 heterocycles. The van der Waals surface area contributed by atoms with Gasteiger partial charge in [-0.2, -0.15) is 0 Å². The van der Waals surface area contributed by atoms with E-state index in [0.717, 1.165) is 17.5 Å². The summed E-state index contributed by atoms with van der Waals surface area (Å²) < 4.78 is 23.2. The minimum Gasteiger partial charge on any atom is -0.494 e. The summed E-state index contributed by atoms with van der Waals surface area (Å²) in [5.74, 6) is 1.15. The average Bonchev–Trinajstić information content (AvgIpc) is 2.93. The number of halogens is 1. The molecule has 0 spiro atoms. The van der Waals surface area contributed by atoms with Gasteiger partial charge in [-0.05, 0) is 66.8 Å². The second-order valence-electron chi connectivity index (χ2n) is 9.51. The molecule has 8 nitrogen and oxygen atoms in total. The van der Waals surface area contributed by atoms with Gasteiger partial charge < -0.3 is 30.0 Å². The highest BCUT2D eigenvalue weighted by molar-refractivity contribution is 5.95. The Morgan fingerprint density at radius 1 is 0.975 bits per heavy atom. The summed E-state index contributed by atoms with van der Waals surface area (Å²) in [4.78, 5) is 13.0. The molecule has 0 aromatic heterocycles. The summed E-state index contributed by atoms with van der Waals surface area (Å²) in [6.45, 7) is 7.87. The number of ether oxygens (including phenoxy) is 4. The number of anilines is 1. The summed E-state index contributed by atoms with van der Waals surface area (Å²) in [6.07, 6.45) is 0.791. The average molecular weight is 570 g/mol. The van der Waals surface area contributed by atoms with Crippen LogP contribution in [0.25, 0.3) is 0 Å². The van der Waals surface area contributed by atoms with Crippen molar-refractivity contribution in [2.45, 2.75) is 39.8 Å². The number of amidine groups is 1. The van der Waals surface area contributed by atoms with E-state index in [1.807, 2.05) is 49.4 Å². The predicted molar refractivity (Wildman–Crippen MR) is 161 cm³/mol. The van der Waals surface area contributed by atoms with E-state index in [1.54, 1.807) is 24.3 Å². The van der Waals surface area contributed by atoms with E-state index < -0.39 is 12.0 Å². The molecule has 0 aliphatic rings. The molecule has 3 aromatic rings. The SMILES string of the molecule is CCOc1cc(C(Nc2ccc(C(=N)N)cc2)C(=O)OC)c(OCCOCc2ccccc2)cc1CC(C)C.Cl. The maximum absolute atomic E-state index is 13.0. The molecule has 1 atom stereocenters. The molecule has 3 rings (SSSR count). The molecule has 0 radical (unpaired) electrons. The van der Waals surface area contributed by atoms with Crippen molar-refractivity contribution >= 4 is 29.9 Å². The van der Waals surface area contributed by atoms with E-state index in [9.17, 15) is 4.79 Å². The number of carbonyl (C=O) groups excluding carboxylic acids is 1. The maximum atomic E-state index is 13.0. The minimum absolute atomic E-state index is 0. The monoisotopic (exact) mass is 569 g/mol. The molecular formula is C31H40ClN3O5. The summed E-state index contributed by atoms with van der Waals surface area (Å²) in [5, 5.41) is 10.9. The van der Waals surface area contributed by atoms with Crippen LogP contribution in [0.2, 0.25) is 0 Å². The Balaban J connectivity index is 0.00000560. The standard InChI is InChI=1S/C31H39N3O5.ClH/c1-5-38-27-19-26(29(31(35)36-4)34-25-13-11-23(12-14-25)30(32)33)28(18-24(27)17-21(2)3)39-16-15-37-20-22-9-7-6-8-10-22;/h6-14,18-19,21,29,34H,5,15-17,20H2,1-4H3,(H3,32,33);1H. The van der Waals surface area contributed by atoms with Crippen molar-refractivity contribution in [1.29, 1.82) is 5.41 Å². The van der Waals surface area contributed by atoms with Gasteiger partial charge in [-0.15, -0.1) is 12.4 Å². The lowest BCUT2D eigenvalue weighted by molar-refractivity contribution is -0.141. The van der Waals surface area contributed by atoms with E-state index in [1.165, 1.54) is 7.11 Å². The number of esters is 1. The quantitative estimate of drug-likeness (QED) is 0.0901. The Bertz CT molecular complexity index is 1220. The summed E-state index contributed by atoms with van der Waals surface area (Å²) in [7, 11) is 1.35. The molecule has 0 aliphatic carbocycles. The number of nitrogens with one attached hydrogen (secondary N) is 2. The molecule has 0 amide bonds. The fourth-order valence-electron chi connectivity index (χ4n) is 4.13. The summed E-state index contributed by atoms with van der Waals surface area (Å²) >= 11 is 0. The molecule has 9 heteroatoms. The van der Waals surface area contributed by atoms with E-state index in [0.29, 0.717) is 60.7 Å².